The van der Waals surface area contributed by atoms with Gasteiger partial charge in [0.1, 0.15) is 0 Å². The molecule has 5 nitrogen and oxygen atoms in total. The molecule has 1 N–H and O–H groups in total. The van der Waals surface area contributed by atoms with Crippen molar-refractivity contribution in [1.82, 2.24) is 0 Å². The number of hydrogen-bond donors (Lipinski definition) is 1. The number of hydrogen-bond acceptors (Lipinski definition) is 4. The van der Waals surface area contributed by atoms with Crippen LogP contribution in [0.4, 0.5) is 0 Å². The van der Waals surface area contributed by atoms with E-state index in [9.17, 15) is 13.2 Å². The van der Waals surface area contributed by atoms with Gasteiger partial charge in [0.2, 0.25) is 0 Å². The zero-order valence-electron chi connectivity index (χ0n) is 9.55. The highest BCUT2D eigenvalue weighted by Gasteiger charge is 2.39. The number of carboxylic acid groups (broad SMARTS) is 1. The molecule has 1 aliphatic rings. The summed E-state index contributed by atoms with van der Waals surface area (Å²) in [4.78, 5) is 11.2. The van der Waals surface area contributed by atoms with Crippen LogP contribution in [0, 0.1) is 17.8 Å². The minimum absolute atomic E-state index is 0.00196. The van der Waals surface area contributed by atoms with E-state index in [0.29, 0.717) is 13.0 Å². The molecule has 1 fully saturated rings. The van der Waals surface area contributed by atoms with Crippen LogP contribution in [0.1, 0.15) is 13.3 Å². The van der Waals surface area contributed by atoms with E-state index in [1.165, 1.54) is 7.11 Å². The molecule has 1 saturated heterocycles. The van der Waals surface area contributed by atoms with E-state index in [2.05, 4.69) is 0 Å². The first-order chi connectivity index (χ1) is 7.37. The van der Waals surface area contributed by atoms with Crippen LogP contribution in [0.15, 0.2) is 0 Å². The van der Waals surface area contributed by atoms with Crippen molar-refractivity contribution in [2.24, 2.45) is 17.8 Å². The Balaban J connectivity index is 2.76. The highest BCUT2D eigenvalue weighted by molar-refractivity contribution is 7.91. The molecule has 0 bridgehead atoms. The van der Waals surface area contributed by atoms with Gasteiger partial charge in [-0.1, -0.05) is 6.92 Å². The number of rotatable bonds is 5. The fourth-order valence-electron chi connectivity index (χ4n) is 2.38. The fraction of sp³-hybridized carbons (Fsp3) is 0.900. The van der Waals surface area contributed by atoms with Crippen molar-refractivity contribution in [1.29, 1.82) is 0 Å². The van der Waals surface area contributed by atoms with Gasteiger partial charge in [-0.25, -0.2) is 8.42 Å². The first-order valence-corrected chi connectivity index (χ1v) is 7.11. The summed E-state index contributed by atoms with van der Waals surface area (Å²) >= 11 is 0. The Morgan fingerprint density at radius 3 is 2.56 bits per heavy atom. The third-order valence-corrected chi connectivity index (χ3v) is 4.90. The molecule has 0 radical (unpaired) electrons. The van der Waals surface area contributed by atoms with Gasteiger partial charge in [-0.2, -0.15) is 0 Å². The van der Waals surface area contributed by atoms with Gasteiger partial charge in [0.05, 0.1) is 17.4 Å². The third-order valence-electron chi connectivity index (χ3n) is 3.10. The number of carbonyl (C=O) groups is 1. The smallest absolute Gasteiger partial charge is 0.307 e. The molecule has 3 atom stereocenters. The van der Waals surface area contributed by atoms with E-state index < -0.39 is 21.7 Å². The van der Waals surface area contributed by atoms with Crippen LogP contribution in [0.5, 0.6) is 0 Å². The van der Waals surface area contributed by atoms with Crippen LogP contribution in [-0.4, -0.2) is 44.7 Å². The lowest BCUT2D eigenvalue weighted by Gasteiger charge is -2.24. The van der Waals surface area contributed by atoms with Gasteiger partial charge < -0.3 is 9.84 Å². The van der Waals surface area contributed by atoms with Gasteiger partial charge in [0, 0.05) is 13.7 Å². The lowest BCUT2D eigenvalue weighted by molar-refractivity contribution is -0.146. The molecule has 1 aliphatic heterocycles. The Hall–Kier alpha value is -0.620. The monoisotopic (exact) mass is 250 g/mol. The fourth-order valence-corrected chi connectivity index (χ4v) is 4.24. The summed E-state index contributed by atoms with van der Waals surface area (Å²) in [5.74, 6) is -1.88. The SMILES string of the molecule is COCC(C)C(C(=O)O)C1CCS(=O)(=O)C1. The summed E-state index contributed by atoms with van der Waals surface area (Å²) in [5, 5.41) is 9.15. The number of carboxylic acids is 1. The molecule has 94 valence electrons. The summed E-state index contributed by atoms with van der Waals surface area (Å²) in [6.07, 6.45) is 0.452. The molecule has 0 saturated carbocycles. The Morgan fingerprint density at radius 2 is 2.19 bits per heavy atom. The molecule has 1 rings (SSSR count). The molecule has 0 spiro atoms. The zero-order valence-corrected chi connectivity index (χ0v) is 10.4. The van der Waals surface area contributed by atoms with E-state index in [4.69, 9.17) is 9.84 Å². The van der Waals surface area contributed by atoms with Crippen LogP contribution in [0.2, 0.25) is 0 Å². The maximum atomic E-state index is 11.3. The van der Waals surface area contributed by atoms with E-state index in [1.807, 2.05) is 0 Å². The summed E-state index contributed by atoms with van der Waals surface area (Å²) in [6, 6.07) is 0. The van der Waals surface area contributed by atoms with Gasteiger partial charge >= 0.3 is 5.97 Å². The second-order valence-electron chi connectivity index (χ2n) is 4.46. The van der Waals surface area contributed by atoms with E-state index in [1.54, 1.807) is 6.92 Å². The topological polar surface area (TPSA) is 80.7 Å². The third kappa shape index (κ3) is 3.18. The number of sulfone groups is 1. The van der Waals surface area contributed by atoms with Crippen molar-refractivity contribution in [3.8, 4) is 0 Å². The van der Waals surface area contributed by atoms with Crippen molar-refractivity contribution in [3.05, 3.63) is 0 Å². The summed E-state index contributed by atoms with van der Waals surface area (Å²) in [6.45, 7) is 2.13. The average Bonchev–Trinajstić information content (AvgIpc) is 2.46. The summed E-state index contributed by atoms with van der Waals surface area (Å²) in [7, 11) is -1.51. The quantitative estimate of drug-likeness (QED) is 0.764. The van der Waals surface area contributed by atoms with Crippen LogP contribution < -0.4 is 0 Å². The van der Waals surface area contributed by atoms with Crippen molar-refractivity contribution >= 4 is 15.8 Å². The van der Waals surface area contributed by atoms with Gasteiger partial charge in [0.25, 0.3) is 0 Å². The predicted octanol–water partition coefficient (Wildman–Crippen LogP) is 0.404. The first-order valence-electron chi connectivity index (χ1n) is 5.29. The number of methoxy groups -OCH3 is 1. The highest BCUT2D eigenvalue weighted by atomic mass is 32.2. The van der Waals surface area contributed by atoms with E-state index in [0.717, 1.165) is 0 Å². The van der Waals surface area contributed by atoms with Gasteiger partial charge in [-0.05, 0) is 18.3 Å². The molecule has 0 amide bonds. The summed E-state index contributed by atoms with van der Waals surface area (Å²) in [5.41, 5.74) is 0. The molecule has 0 aliphatic carbocycles. The normalized spacial score (nSPS) is 27.5. The molecule has 0 aromatic rings. The van der Waals surface area contributed by atoms with Crippen LogP contribution >= 0.6 is 0 Å². The van der Waals surface area contributed by atoms with E-state index >= 15 is 0 Å². The van der Waals surface area contributed by atoms with Crippen molar-refractivity contribution in [2.45, 2.75) is 13.3 Å². The molecular formula is C10H18O5S. The maximum Gasteiger partial charge on any atom is 0.307 e. The molecule has 16 heavy (non-hydrogen) atoms. The van der Waals surface area contributed by atoms with Gasteiger partial charge in [0.15, 0.2) is 9.84 Å². The molecule has 0 aromatic heterocycles. The lowest BCUT2D eigenvalue weighted by Crippen LogP contribution is -2.32. The average molecular weight is 250 g/mol. The second-order valence-corrected chi connectivity index (χ2v) is 6.69. The standard InChI is InChI=1S/C10H18O5S/c1-7(5-15-2)9(10(11)12)8-3-4-16(13,14)6-8/h7-9H,3-6H2,1-2H3,(H,11,12). The Kier molecular flexibility index (Phi) is 4.32. The zero-order chi connectivity index (χ0) is 12.3. The van der Waals surface area contributed by atoms with Crippen LogP contribution in [0.25, 0.3) is 0 Å². The van der Waals surface area contributed by atoms with Crippen LogP contribution in [-0.2, 0) is 19.4 Å². The Bertz CT molecular complexity index is 348. The van der Waals surface area contributed by atoms with Gasteiger partial charge in [-0.15, -0.1) is 0 Å². The summed E-state index contributed by atoms with van der Waals surface area (Å²) < 4.78 is 27.6. The lowest BCUT2D eigenvalue weighted by atomic mass is 9.82. The Morgan fingerprint density at radius 1 is 1.56 bits per heavy atom. The molecule has 1 heterocycles. The molecule has 0 aromatic carbocycles. The largest absolute Gasteiger partial charge is 0.481 e. The van der Waals surface area contributed by atoms with Crippen molar-refractivity contribution in [3.63, 3.8) is 0 Å². The van der Waals surface area contributed by atoms with Crippen molar-refractivity contribution in [2.75, 3.05) is 25.2 Å². The Labute approximate surface area is 95.7 Å². The van der Waals surface area contributed by atoms with Crippen LogP contribution in [0.3, 0.4) is 0 Å². The molecule has 3 unspecified atom stereocenters. The number of aliphatic carboxylic acids is 1. The number of ether oxygens (including phenoxy) is 1. The minimum atomic E-state index is -3.03. The maximum absolute atomic E-state index is 11.3. The minimum Gasteiger partial charge on any atom is -0.481 e. The van der Waals surface area contributed by atoms with E-state index in [-0.39, 0.29) is 23.3 Å². The second kappa shape index (κ2) is 5.14. The molecular weight excluding hydrogens is 232 g/mol. The first kappa shape index (κ1) is 13.4. The molecule has 6 heteroatoms. The van der Waals surface area contributed by atoms with Gasteiger partial charge in [-0.3, -0.25) is 4.79 Å². The predicted molar refractivity (Wildman–Crippen MR) is 58.9 cm³/mol. The highest BCUT2D eigenvalue weighted by Crippen LogP contribution is 2.31. The van der Waals surface area contributed by atoms with Crippen molar-refractivity contribution < 1.29 is 23.1 Å².